The van der Waals surface area contributed by atoms with Crippen LogP contribution in [0.1, 0.15) is 10.4 Å². The van der Waals surface area contributed by atoms with Crippen LogP contribution in [-0.4, -0.2) is 54.0 Å². The molecule has 1 saturated heterocycles. The monoisotopic (exact) mass is 510 g/mol. The molecule has 37 heavy (non-hydrogen) atoms. The minimum atomic E-state index is -0.139. The Morgan fingerprint density at radius 3 is 2.49 bits per heavy atom. The molecule has 9 heteroatoms. The van der Waals surface area contributed by atoms with Crippen LogP contribution >= 0.6 is 11.3 Å². The number of nitrogens with one attached hydrogen (secondary N) is 1. The average Bonchev–Trinajstić information content (AvgIpc) is 3.64. The van der Waals surface area contributed by atoms with Crippen molar-refractivity contribution < 1.29 is 9.53 Å². The highest BCUT2D eigenvalue weighted by atomic mass is 32.1. The second-order valence-corrected chi connectivity index (χ2v) is 9.69. The van der Waals surface area contributed by atoms with E-state index in [0.29, 0.717) is 5.56 Å². The van der Waals surface area contributed by atoms with Gasteiger partial charge in [0.25, 0.3) is 5.91 Å². The number of rotatable bonds is 6. The van der Waals surface area contributed by atoms with E-state index in [4.69, 9.17) is 4.74 Å². The number of carbonyl (C=O) groups excluding carboxylic acids is 1. The molecule has 0 unspecified atom stereocenters. The lowest BCUT2D eigenvalue weighted by Crippen LogP contribution is -2.36. The van der Waals surface area contributed by atoms with Crippen molar-refractivity contribution in [2.45, 2.75) is 0 Å². The van der Waals surface area contributed by atoms with Crippen LogP contribution in [0.2, 0.25) is 0 Å². The Hall–Kier alpha value is -4.21. The Bertz CT molecular complexity index is 1510. The highest BCUT2D eigenvalue weighted by molar-refractivity contribution is 7.13. The maximum Gasteiger partial charge on any atom is 0.255 e. The summed E-state index contributed by atoms with van der Waals surface area (Å²) in [4.78, 5) is 21.6. The van der Waals surface area contributed by atoms with Crippen LogP contribution in [0.4, 0.5) is 22.2 Å². The number of aromatic nitrogens is 3. The summed E-state index contributed by atoms with van der Waals surface area (Å²) in [6.07, 6.45) is 3.62. The highest BCUT2D eigenvalue weighted by Crippen LogP contribution is 2.28. The van der Waals surface area contributed by atoms with Gasteiger partial charge in [0.2, 0.25) is 0 Å². The van der Waals surface area contributed by atoms with Crippen LogP contribution in [0.25, 0.3) is 16.6 Å². The Kier molecular flexibility index (Phi) is 6.30. The highest BCUT2D eigenvalue weighted by Gasteiger charge is 2.14. The first-order chi connectivity index (χ1) is 18.2. The summed E-state index contributed by atoms with van der Waals surface area (Å²) in [6, 6.07) is 21.8. The molecule has 186 valence electrons. The van der Waals surface area contributed by atoms with Crippen LogP contribution in [0.15, 0.2) is 84.5 Å². The molecule has 1 amide bonds. The molecule has 3 aromatic carbocycles. The largest absolute Gasteiger partial charge is 0.378 e. The lowest BCUT2D eigenvalue weighted by atomic mass is 10.1. The third kappa shape index (κ3) is 4.78. The Balaban J connectivity index is 1.16. The molecule has 0 bridgehead atoms. The molecule has 2 aromatic heterocycles. The molecule has 0 saturated carbocycles. The molecule has 3 heterocycles. The quantitative estimate of drug-likeness (QED) is 0.332. The van der Waals surface area contributed by atoms with Crippen molar-refractivity contribution >= 4 is 50.3 Å². The van der Waals surface area contributed by atoms with E-state index in [9.17, 15) is 4.79 Å². The van der Waals surface area contributed by atoms with E-state index in [-0.39, 0.29) is 5.91 Å². The van der Waals surface area contributed by atoms with Crippen LogP contribution in [0, 0.1) is 0 Å². The van der Waals surface area contributed by atoms with E-state index in [1.807, 2.05) is 77.9 Å². The third-order valence-electron chi connectivity index (χ3n) is 6.52. The zero-order valence-corrected chi connectivity index (χ0v) is 21.2. The van der Waals surface area contributed by atoms with E-state index < -0.39 is 0 Å². The van der Waals surface area contributed by atoms with Gasteiger partial charge in [-0.25, -0.2) is 9.67 Å². The molecule has 1 fully saturated rings. The van der Waals surface area contributed by atoms with Gasteiger partial charge in [-0.3, -0.25) is 4.79 Å². The summed E-state index contributed by atoms with van der Waals surface area (Å²) >= 11 is 1.60. The van der Waals surface area contributed by atoms with E-state index in [1.165, 1.54) is 0 Å². The van der Waals surface area contributed by atoms with Gasteiger partial charge < -0.3 is 19.9 Å². The molecule has 1 N–H and O–H groups in total. The zero-order chi connectivity index (χ0) is 25.2. The van der Waals surface area contributed by atoms with Crippen molar-refractivity contribution in [1.29, 1.82) is 0 Å². The normalized spacial score (nSPS) is 13.6. The van der Waals surface area contributed by atoms with E-state index in [1.54, 1.807) is 17.5 Å². The Morgan fingerprint density at radius 2 is 1.76 bits per heavy atom. The van der Waals surface area contributed by atoms with Gasteiger partial charge in [-0.15, -0.1) is 11.3 Å². The molecule has 5 aromatic rings. The minimum Gasteiger partial charge on any atom is -0.378 e. The first-order valence-corrected chi connectivity index (χ1v) is 13.0. The van der Waals surface area contributed by atoms with Gasteiger partial charge in [-0.05, 0) is 66.7 Å². The number of benzene rings is 3. The SMILES string of the molecule is CN(c1ccc(-n2ncc3cc(NC(=O)c4ccc(N5CCOCC5)cc4)ccc32)cc1)c1nccs1. The molecule has 1 aliphatic rings. The summed E-state index contributed by atoms with van der Waals surface area (Å²) in [6.45, 7) is 3.20. The van der Waals surface area contributed by atoms with Crippen molar-refractivity contribution in [2.75, 3.05) is 48.5 Å². The maximum atomic E-state index is 12.9. The second kappa shape index (κ2) is 10.0. The number of carbonyl (C=O) groups is 1. The molecule has 0 radical (unpaired) electrons. The second-order valence-electron chi connectivity index (χ2n) is 8.82. The predicted molar refractivity (Wildman–Crippen MR) is 149 cm³/mol. The van der Waals surface area contributed by atoms with Gasteiger partial charge in [-0.1, -0.05) is 0 Å². The fourth-order valence-corrected chi connectivity index (χ4v) is 5.10. The fourth-order valence-electron chi connectivity index (χ4n) is 4.47. The van der Waals surface area contributed by atoms with E-state index >= 15 is 0 Å². The first kappa shape index (κ1) is 23.2. The number of hydrogen-bond acceptors (Lipinski definition) is 7. The fraction of sp³-hybridized carbons (Fsp3) is 0.179. The topological polar surface area (TPSA) is 75.5 Å². The molecule has 0 atom stereocenters. The maximum absolute atomic E-state index is 12.9. The van der Waals surface area contributed by atoms with Gasteiger partial charge >= 0.3 is 0 Å². The number of nitrogens with zero attached hydrogens (tertiary/aromatic N) is 5. The van der Waals surface area contributed by atoms with Gasteiger partial charge in [0.05, 0.1) is 30.6 Å². The number of amides is 1. The lowest BCUT2D eigenvalue weighted by Gasteiger charge is -2.28. The summed E-state index contributed by atoms with van der Waals surface area (Å²) in [5.74, 6) is -0.139. The van der Waals surface area contributed by atoms with Crippen molar-refractivity contribution in [3.8, 4) is 5.69 Å². The number of hydrogen-bond donors (Lipinski definition) is 1. The van der Waals surface area contributed by atoms with Crippen molar-refractivity contribution in [3.63, 3.8) is 0 Å². The molecule has 8 nitrogen and oxygen atoms in total. The summed E-state index contributed by atoms with van der Waals surface area (Å²) in [5.41, 5.74) is 5.44. The average molecular weight is 511 g/mol. The van der Waals surface area contributed by atoms with Gasteiger partial charge in [0, 0.05) is 59.7 Å². The predicted octanol–water partition coefficient (Wildman–Crippen LogP) is 5.34. The zero-order valence-electron chi connectivity index (χ0n) is 20.4. The van der Waals surface area contributed by atoms with Crippen molar-refractivity contribution in [2.24, 2.45) is 0 Å². The molecule has 0 spiro atoms. The number of ether oxygens (including phenoxy) is 1. The molecular formula is C28H26N6O2S. The van der Waals surface area contributed by atoms with Crippen LogP contribution in [-0.2, 0) is 4.74 Å². The standard InChI is InChI=1S/C28H26N6O2S/c1-32(28-29-12-17-37-28)23-7-9-25(10-8-23)34-26-11-4-22(18-21(26)19-30-34)31-27(35)20-2-5-24(6-3-20)33-13-15-36-16-14-33/h2-12,17-19H,13-16H2,1H3,(H,31,35). The van der Waals surface area contributed by atoms with Crippen molar-refractivity contribution in [1.82, 2.24) is 14.8 Å². The minimum absolute atomic E-state index is 0.139. The van der Waals surface area contributed by atoms with Gasteiger partial charge in [0.15, 0.2) is 5.13 Å². The number of morpholine rings is 1. The smallest absolute Gasteiger partial charge is 0.255 e. The number of anilines is 4. The van der Waals surface area contributed by atoms with Gasteiger partial charge in [0.1, 0.15) is 0 Å². The van der Waals surface area contributed by atoms with Crippen LogP contribution < -0.4 is 15.1 Å². The summed E-state index contributed by atoms with van der Waals surface area (Å²) in [5, 5.41) is 11.5. The van der Waals surface area contributed by atoms with E-state index in [0.717, 1.165) is 65.1 Å². The number of fused-ring (bicyclic) bond motifs is 1. The lowest BCUT2D eigenvalue weighted by molar-refractivity contribution is 0.102. The van der Waals surface area contributed by atoms with Crippen molar-refractivity contribution in [3.05, 3.63) is 90.1 Å². The molecule has 1 aliphatic heterocycles. The van der Waals surface area contributed by atoms with Gasteiger partial charge in [-0.2, -0.15) is 5.10 Å². The summed E-state index contributed by atoms with van der Waals surface area (Å²) in [7, 11) is 2.01. The van der Waals surface area contributed by atoms with E-state index in [2.05, 4.69) is 37.3 Å². The Labute approximate surface area is 218 Å². The molecular weight excluding hydrogens is 484 g/mol. The number of thiazole rings is 1. The Morgan fingerprint density at radius 1 is 1.00 bits per heavy atom. The molecule has 6 rings (SSSR count). The van der Waals surface area contributed by atoms with Crippen LogP contribution in [0.5, 0.6) is 0 Å². The van der Waals surface area contributed by atoms with Crippen LogP contribution in [0.3, 0.4) is 0 Å². The molecule has 0 aliphatic carbocycles. The summed E-state index contributed by atoms with van der Waals surface area (Å²) < 4.78 is 7.32. The third-order valence-corrected chi connectivity index (χ3v) is 7.37. The first-order valence-electron chi connectivity index (χ1n) is 12.1.